The van der Waals surface area contributed by atoms with E-state index in [1.807, 2.05) is 6.20 Å². The number of nitrogens with zero attached hydrogens (tertiary/aromatic N) is 5. The molecule has 2 saturated heterocycles. The standard InChI is InChI=1S/C15H25N5/c1-12-3-7-19(8-4-12)14-11-16-18-15(17-14)20-9-5-13(2)6-10-20/h11-13H,3-10H2,1-2H3. The first-order valence-electron chi connectivity index (χ1n) is 7.92. The van der Waals surface area contributed by atoms with Crippen LogP contribution in [-0.4, -0.2) is 41.4 Å². The van der Waals surface area contributed by atoms with Crippen molar-refractivity contribution in [2.75, 3.05) is 36.0 Å². The van der Waals surface area contributed by atoms with Crippen LogP contribution in [0.5, 0.6) is 0 Å². The van der Waals surface area contributed by atoms with Gasteiger partial charge in [0.15, 0.2) is 5.82 Å². The second-order valence-electron chi connectivity index (χ2n) is 6.45. The zero-order chi connectivity index (χ0) is 13.9. The van der Waals surface area contributed by atoms with Crippen LogP contribution in [0.25, 0.3) is 0 Å². The second kappa shape index (κ2) is 5.94. The summed E-state index contributed by atoms with van der Waals surface area (Å²) in [5, 5.41) is 8.41. The van der Waals surface area contributed by atoms with E-state index in [1.165, 1.54) is 25.7 Å². The molecule has 0 N–H and O–H groups in total. The van der Waals surface area contributed by atoms with E-state index < -0.39 is 0 Å². The van der Waals surface area contributed by atoms with Crippen LogP contribution < -0.4 is 9.80 Å². The first-order valence-corrected chi connectivity index (χ1v) is 7.92. The molecule has 2 aliphatic rings. The van der Waals surface area contributed by atoms with Crippen LogP contribution in [0.4, 0.5) is 11.8 Å². The van der Waals surface area contributed by atoms with Crippen molar-refractivity contribution in [2.24, 2.45) is 11.8 Å². The normalized spacial score (nSPS) is 22.3. The van der Waals surface area contributed by atoms with Gasteiger partial charge < -0.3 is 9.80 Å². The lowest BCUT2D eigenvalue weighted by Crippen LogP contribution is -2.36. The minimum absolute atomic E-state index is 0.813. The highest BCUT2D eigenvalue weighted by Gasteiger charge is 2.21. The van der Waals surface area contributed by atoms with Gasteiger partial charge in [-0.3, -0.25) is 0 Å². The number of anilines is 2. The zero-order valence-corrected chi connectivity index (χ0v) is 12.6. The maximum absolute atomic E-state index is 4.75. The quantitative estimate of drug-likeness (QED) is 0.829. The molecule has 0 unspecified atom stereocenters. The molecule has 0 aromatic carbocycles. The SMILES string of the molecule is CC1CCN(c2cnnc(N3CCC(C)CC3)n2)CC1. The second-order valence-corrected chi connectivity index (χ2v) is 6.45. The number of rotatable bonds is 2. The zero-order valence-electron chi connectivity index (χ0n) is 12.6. The average Bonchev–Trinajstić information content (AvgIpc) is 2.49. The molecule has 20 heavy (non-hydrogen) atoms. The Morgan fingerprint density at radius 2 is 1.45 bits per heavy atom. The molecule has 3 rings (SSSR count). The minimum Gasteiger partial charge on any atom is -0.355 e. The number of aromatic nitrogens is 3. The third kappa shape index (κ3) is 3.02. The van der Waals surface area contributed by atoms with E-state index in [-0.39, 0.29) is 0 Å². The summed E-state index contributed by atoms with van der Waals surface area (Å²) in [6.07, 6.45) is 6.77. The van der Waals surface area contributed by atoms with Crippen LogP contribution in [0.1, 0.15) is 39.5 Å². The number of piperidine rings is 2. The summed E-state index contributed by atoms with van der Waals surface area (Å²) < 4.78 is 0. The van der Waals surface area contributed by atoms with Gasteiger partial charge in [-0.05, 0) is 37.5 Å². The molecule has 0 spiro atoms. The smallest absolute Gasteiger partial charge is 0.247 e. The fourth-order valence-electron chi connectivity index (χ4n) is 3.02. The number of hydrogen-bond donors (Lipinski definition) is 0. The molecule has 0 amide bonds. The van der Waals surface area contributed by atoms with Crippen LogP contribution >= 0.6 is 0 Å². The molecule has 2 fully saturated rings. The molecular formula is C15H25N5. The molecule has 5 heteroatoms. The van der Waals surface area contributed by atoms with E-state index in [4.69, 9.17) is 4.98 Å². The van der Waals surface area contributed by atoms with Gasteiger partial charge in [0.25, 0.3) is 0 Å². The van der Waals surface area contributed by atoms with Crippen molar-refractivity contribution in [1.82, 2.24) is 15.2 Å². The summed E-state index contributed by atoms with van der Waals surface area (Å²) in [6, 6.07) is 0. The molecule has 0 aliphatic carbocycles. The summed E-state index contributed by atoms with van der Waals surface area (Å²) in [6.45, 7) is 8.96. The van der Waals surface area contributed by atoms with Crippen molar-refractivity contribution >= 4 is 11.8 Å². The van der Waals surface area contributed by atoms with E-state index in [1.54, 1.807) is 0 Å². The lowest BCUT2D eigenvalue weighted by Gasteiger charge is -2.33. The van der Waals surface area contributed by atoms with Crippen LogP contribution in [0, 0.1) is 11.8 Å². The summed E-state index contributed by atoms with van der Waals surface area (Å²) in [4.78, 5) is 9.38. The maximum atomic E-state index is 4.75. The van der Waals surface area contributed by atoms with Crippen molar-refractivity contribution in [1.29, 1.82) is 0 Å². The molecule has 1 aromatic heterocycles. The van der Waals surface area contributed by atoms with Crippen molar-refractivity contribution in [3.8, 4) is 0 Å². The van der Waals surface area contributed by atoms with Crippen LogP contribution in [0.3, 0.4) is 0 Å². The predicted octanol–water partition coefficient (Wildman–Crippen LogP) is 2.34. The summed E-state index contributed by atoms with van der Waals surface area (Å²) in [7, 11) is 0. The van der Waals surface area contributed by atoms with Crippen LogP contribution in [0.2, 0.25) is 0 Å². The largest absolute Gasteiger partial charge is 0.355 e. The Kier molecular flexibility index (Phi) is 4.03. The highest BCUT2D eigenvalue weighted by atomic mass is 15.3. The first kappa shape index (κ1) is 13.6. The molecule has 0 atom stereocenters. The van der Waals surface area contributed by atoms with Crippen molar-refractivity contribution in [3.63, 3.8) is 0 Å². The molecule has 3 heterocycles. The third-order valence-electron chi connectivity index (χ3n) is 4.71. The van der Waals surface area contributed by atoms with E-state index in [0.29, 0.717) is 0 Å². The Labute approximate surface area is 121 Å². The van der Waals surface area contributed by atoms with Crippen molar-refractivity contribution < 1.29 is 0 Å². The Morgan fingerprint density at radius 3 is 2.05 bits per heavy atom. The van der Waals surface area contributed by atoms with Crippen molar-refractivity contribution in [3.05, 3.63) is 6.20 Å². The van der Waals surface area contributed by atoms with Gasteiger partial charge in [-0.15, -0.1) is 5.10 Å². The molecule has 0 bridgehead atoms. The molecule has 1 aromatic rings. The van der Waals surface area contributed by atoms with E-state index in [0.717, 1.165) is 49.8 Å². The lowest BCUT2D eigenvalue weighted by molar-refractivity contribution is 0.429. The lowest BCUT2D eigenvalue weighted by atomic mass is 9.99. The highest BCUT2D eigenvalue weighted by molar-refractivity contribution is 5.42. The van der Waals surface area contributed by atoms with Gasteiger partial charge in [0.1, 0.15) is 0 Å². The van der Waals surface area contributed by atoms with Crippen LogP contribution in [-0.2, 0) is 0 Å². The highest BCUT2D eigenvalue weighted by Crippen LogP contribution is 2.23. The van der Waals surface area contributed by atoms with E-state index >= 15 is 0 Å². The third-order valence-corrected chi connectivity index (χ3v) is 4.71. The first-order chi connectivity index (χ1) is 9.72. The minimum atomic E-state index is 0.813. The summed E-state index contributed by atoms with van der Waals surface area (Å²) in [5.41, 5.74) is 0. The molecule has 2 aliphatic heterocycles. The van der Waals surface area contributed by atoms with E-state index in [2.05, 4.69) is 33.8 Å². The van der Waals surface area contributed by atoms with Gasteiger partial charge in [-0.25, -0.2) is 0 Å². The van der Waals surface area contributed by atoms with Gasteiger partial charge in [-0.2, -0.15) is 10.1 Å². The van der Waals surface area contributed by atoms with Gasteiger partial charge in [0.05, 0.1) is 6.20 Å². The van der Waals surface area contributed by atoms with Gasteiger partial charge >= 0.3 is 0 Å². The van der Waals surface area contributed by atoms with Gasteiger partial charge in [-0.1, -0.05) is 13.8 Å². The topological polar surface area (TPSA) is 45.2 Å². The predicted molar refractivity (Wildman–Crippen MR) is 81.0 cm³/mol. The Morgan fingerprint density at radius 1 is 0.900 bits per heavy atom. The van der Waals surface area contributed by atoms with Crippen LogP contribution in [0.15, 0.2) is 6.20 Å². The molecule has 5 nitrogen and oxygen atoms in total. The van der Waals surface area contributed by atoms with Crippen molar-refractivity contribution in [2.45, 2.75) is 39.5 Å². The fourth-order valence-corrected chi connectivity index (χ4v) is 3.02. The summed E-state index contributed by atoms with van der Waals surface area (Å²) >= 11 is 0. The fraction of sp³-hybridized carbons (Fsp3) is 0.800. The Bertz CT molecular complexity index is 396. The molecule has 0 radical (unpaired) electrons. The van der Waals surface area contributed by atoms with E-state index in [9.17, 15) is 0 Å². The van der Waals surface area contributed by atoms with Gasteiger partial charge in [0.2, 0.25) is 5.95 Å². The summed E-state index contributed by atoms with van der Waals surface area (Å²) in [5.74, 6) is 3.48. The monoisotopic (exact) mass is 275 g/mol. The Hall–Kier alpha value is -1.39. The molecule has 0 saturated carbocycles. The maximum Gasteiger partial charge on any atom is 0.247 e. The average molecular weight is 275 g/mol. The number of hydrogen-bond acceptors (Lipinski definition) is 5. The molecular weight excluding hydrogens is 250 g/mol. The molecule has 110 valence electrons. The Balaban J connectivity index is 1.69. The van der Waals surface area contributed by atoms with Gasteiger partial charge in [0, 0.05) is 26.2 Å².